The van der Waals surface area contributed by atoms with Crippen LogP contribution < -0.4 is 0 Å². The van der Waals surface area contributed by atoms with Crippen LogP contribution in [-0.2, 0) is 4.79 Å². The zero-order valence-electron chi connectivity index (χ0n) is 11.8. The quantitative estimate of drug-likeness (QED) is 0.902. The van der Waals surface area contributed by atoms with E-state index in [1.165, 1.54) is 12.0 Å². The van der Waals surface area contributed by atoms with Crippen molar-refractivity contribution >= 4 is 5.97 Å². The van der Waals surface area contributed by atoms with Gasteiger partial charge in [-0.1, -0.05) is 44.5 Å². The summed E-state index contributed by atoms with van der Waals surface area (Å²) in [6.45, 7) is 6.08. The summed E-state index contributed by atoms with van der Waals surface area (Å²) >= 11 is 0. The average Bonchev–Trinajstić information content (AvgIpc) is 2.40. The lowest BCUT2D eigenvalue weighted by atomic mass is 9.97. The fourth-order valence-corrected chi connectivity index (χ4v) is 2.75. The fraction of sp³-hybridized carbons (Fsp3) is 0.562. The summed E-state index contributed by atoms with van der Waals surface area (Å²) in [7, 11) is 0. The van der Waals surface area contributed by atoms with Crippen molar-refractivity contribution < 1.29 is 9.90 Å². The van der Waals surface area contributed by atoms with E-state index in [4.69, 9.17) is 0 Å². The molecule has 1 heterocycles. The lowest BCUT2D eigenvalue weighted by molar-refractivity contribution is -0.144. The van der Waals surface area contributed by atoms with Crippen LogP contribution in [0.4, 0.5) is 0 Å². The number of likely N-dealkylation sites (tertiary alicyclic amines) is 1. The molecule has 0 spiro atoms. The number of benzene rings is 1. The van der Waals surface area contributed by atoms with E-state index in [0.29, 0.717) is 5.92 Å². The normalized spacial score (nSPS) is 18.5. The van der Waals surface area contributed by atoms with Crippen LogP contribution in [0.3, 0.4) is 0 Å². The molecule has 104 valence electrons. The van der Waals surface area contributed by atoms with Crippen LogP contribution in [0, 0.1) is 0 Å². The van der Waals surface area contributed by atoms with Crippen molar-refractivity contribution in [1.29, 1.82) is 0 Å². The third-order valence-corrected chi connectivity index (χ3v) is 3.91. The van der Waals surface area contributed by atoms with Crippen LogP contribution in [0.25, 0.3) is 0 Å². The number of piperidine rings is 1. The van der Waals surface area contributed by atoms with E-state index in [0.717, 1.165) is 31.5 Å². The van der Waals surface area contributed by atoms with E-state index in [2.05, 4.69) is 30.9 Å². The number of hydrogen-bond donors (Lipinski definition) is 1. The van der Waals surface area contributed by atoms with Crippen molar-refractivity contribution in [3.8, 4) is 0 Å². The molecule has 1 aromatic rings. The van der Waals surface area contributed by atoms with E-state index in [9.17, 15) is 9.90 Å². The molecule has 0 aliphatic carbocycles. The van der Waals surface area contributed by atoms with Crippen LogP contribution in [-0.4, -0.2) is 29.1 Å². The first-order valence-electron chi connectivity index (χ1n) is 7.16. The number of carboxylic acids is 1. The molecule has 0 aromatic heterocycles. The summed E-state index contributed by atoms with van der Waals surface area (Å²) in [6, 6.07) is 7.58. The van der Waals surface area contributed by atoms with Crippen LogP contribution in [0.15, 0.2) is 24.3 Å². The van der Waals surface area contributed by atoms with Gasteiger partial charge >= 0.3 is 5.97 Å². The molecule has 3 heteroatoms. The molecular formula is C16H23NO2. The van der Waals surface area contributed by atoms with Gasteiger partial charge in [0.2, 0.25) is 0 Å². The Kier molecular flexibility index (Phi) is 4.59. The van der Waals surface area contributed by atoms with Crippen molar-refractivity contribution in [2.75, 3.05) is 13.1 Å². The van der Waals surface area contributed by atoms with Crippen LogP contribution in [0.5, 0.6) is 0 Å². The first-order valence-corrected chi connectivity index (χ1v) is 7.16. The van der Waals surface area contributed by atoms with Crippen molar-refractivity contribution in [2.24, 2.45) is 0 Å². The topological polar surface area (TPSA) is 40.5 Å². The molecule has 0 radical (unpaired) electrons. The fourth-order valence-electron chi connectivity index (χ4n) is 2.75. The maximum Gasteiger partial charge on any atom is 0.325 e. The van der Waals surface area contributed by atoms with Crippen molar-refractivity contribution in [1.82, 2.24) is 4.90 Å². The summed E-state index contributed by atoms with van der Waals surface area (Å²) in [5, 5.41) is 9.52. The molecule has 1 N–H and O–H groups in total. The van der Waals surface area contributed by atoms with E-state index in [1.54, 1.807) is 0 Å². The minimum absolute atomic E-state index is 0.479. The van der Waals surface area contributed by atoms with Crippen LogP contribution in [0.1, 0.15) is 56.2 Å². The molecule has 3 nitrogen and oxygen atoms in total. The van der Waals surface area contributed by atoms with E-state index >= 15 is 0 Å². The third-order valence-electron chi connectivity index (χ3n) is 3.91. The Morgan fingerprint density at radius 2 is 1.58 bits per heavy atom. The first kappa shape index (κ1) is 14.1. The predicted octanol–water partition coefficient (Wildman–Crippen LogP) is 3.42. The number of carboxylic acid groups (broad SMARTS) is 1. The van der Waals surface area contributed by atoms with Gasteiger partial charge in [-0.15, -0.1) is 0 Å². The van der Waals surface area contributed by atoms with Crippen molar-refractivity contribution in [3.63, 3.8) is 0 Å². The Bertz CT molecular complexity index is 419. The van der Waals surface area contributed by atoms with Gasteiger partial charge in [0.1, 0.15) is 6.04 Å². The molecule has 1 atom stereocenters. The number of carbonyl (C=O) groups is 1. The SMILES string of the molecule is CC(C)c1ccc(C(C(=O)O)N2CCCCC2)cc1. The summed E-state index contributed by atoms with van der Waals surface area (Å²) < 4.78 is 0. The highest BCUT2D eigenvalue weighted by Gasteiger charge is 2.28. The zero-order valence-corrected chi connectivity index (χ0v) is 11.8. The third kappa shape index (κ3) is 3.35. The standard InChI is InChI=1S/C16H23NO2/c1-12(2)13-6-8-14(9-7-13)15(16(18)19)17-10-4-3-5-11-17/h6-9,12,15H,3-5,10-11H2,1-2H3,(H,18,19). The van der Waals surface area contributed by atoms with Gasteiger partial charge in [0.25, 0.3) is 0 Å². The van der Waals surface area contributed by atoms with Crippen molar-refractivity contribution in [3.05, 3.63) is 35.4 Å². The Hall–Kier alpha value is -1.35. The molecule has 1 fully saturated rings. The Morgan fingerprint density at radius 1 is 1.05 bits per heavy atom. The molecule has 1 aliphatic heterocycles. The minimum Gasteiger partial charge on any atom is -0.480 e. The number of hydrogen-bond acceptors (Lipinski definition) is 2. The van der Waals surface area contributed by atoms with Gasteiger partial charge in [0.15, 0.2) is 0 Å². The molecule has 1 saturated heterocycles. The van der Waals surface area contributed by atoms with Crippen molar-refractivity contribution in [2.45, 2.75) is 45.1 Å². The largest absolute Gasteiger partial charge is 0.480 e. The Balaban J connectivity index is 2.20. The van der Waals surface area contributed by atoms with Gasteiger partial charge in [-0.25, -0.2) is 0 Å². The second-order valence-electron chi connectivity index (χ2n) is 5.66. The van der Waals surface area contributed by atoms with Gasteiger partial charge in [0, 0.05) is 0 Å². The summed E-state index contributed by atoms with van der Waals surface area (Å²) in [5.74, 6) is -0.258. The van der Waals surface area contributed by atoms with Crippen LogP contribution in [0.2, 0.25) is 0 Å². The van der Waals surface area contributed by atoms with E-state index in [1.807, 2.05) is 12.1 Å². The molecule has 0 amide bonds. The number of rotatable bonds is 4. The molecule has 2 rings (SSSR count). The van der Waals surface area contributed by atoms with E-state index < -0.39 is 12.0 Å². The molecule has 1 aliphatic rings. The highest BCUT2D eigenvalue weighted by atomic mass is 16.4. The lowest BCUT2D eigenvalue weighted by Gasteiger charge is -2.32. The summed E-state index contributed by atoms with van der Waals surface area (Å²) in [4.78, 5) is 13.7. The zero-order chi connectivity index (χ0) is 13.8. The second-order valence-corrected chi connectivity index (χ2v) is 5.66. The maximum absolute atomic E-state index is 11.6. The monoisotopic (exact) mass is 261 g/mol. The Morgan fingerprint density at radius 3 is 2.05 bits per heavy atom. The van der Waals surface area contributed by atoms with Gasteiger partial charge < -0.3 is 5.11 Å². The molecule has 0 bridgehead atoms. The second kappa shape index (κ2) is 6.20. The molecule has 19 heavy (non-hydrogen) atoms. The van der Waals surface area contributed by atoms with Gasteiger partial charge in [-0.3, -0.25) is 9.69 Å². The van der Waals surface area contributed by atoms with Crippen LogP contribution >= 0.6 is 0 Å². The van der Waals surface area contributed by atoms with Gasteiger partial charge in [0.05, 0.1) is 0 Å². The Labute approximate surface area is 115 Å². The minimum atomic E-state index is -0.737. The van der Waals surface area contributed by atoms with Gasteiger partial charge in [-0.05, 0) is 43.0 Å². The molecular weight excluding hydrogens is 238 g/mol. The predicted molar refractivity (Wildman–Crippen MR) is 76.3 cm³/mol. The smallest absolute Gasteiger partial charge is 0.325 e. The lowest BCUT2D eigenvalue weighted by Crippen LogP contribution is -2.37. The first-order chi connectivity index (χ1) is 9.09. The number of aliphatic carboxylic acids is 1. The highest BCUT2D eigenvalue weighted by molar-refractivity contribution is 5.75. The highest BCUT2D eigenvalue weighted by Crippen LogP contribution is 2.26. The molecule has 1 unspecified atom stereocenters. The average molecular weight is 261 g/mol. The van der Waals surface area contributed by atoms with Gasteiger partial charge in [-0.2, -0.15) is 0 Å². The molecule has 1 aromatic carbocycles. The number of nitrogens with zero attached hydrogens (tertiary/aromatic N) is 1. The summed E-state index contributed by atoms with van der Waals surface area (Å²) in [5.41, 5.74) is 2.16. The summed E-state index contributed by atoms with van der Waals surface area (Å²) in [6.07, 6.45) is 3.43. The molecule has 0 saturated carbocycles. The maximum atomic E-state index is 11.6. The van der Waals surface area contributed by atoms with E-state index in [-0.39, 0.29) is 0 Å².